The second-order valence-electron chi connectivity index (χ2n) is 6.49. The van der Waals surface area contributed by atoms with E-state index in [2.05, 4.69) is 31.1 Å². The van der Waals surface area contributed by atoms with E-state index in [1.807, 2.05) is 56.3 Å². The molecule has 3 aromatic rings. The van der Waals surface area contributed by atoms with Gasteiger partial charge in [0, 0.05) is 28.5 Å². The van der Waals surface area contributed by atoms with Crippen LogP contribution in [-0.4, -0.2) is 45.6 Å². The van der Waals surface area contributed by atoms with Gasteiger partial charge in [-0.15, -0.1) is 0 Å². The Morgan fingerprint density at radius 2 is 2.00 bits per heavy atom. The first kappa shape index (κ1) is 19.2. The fourth-order valence-corrected chi connectivity index (χ4v) is 3.72. The first-order valence-corrected chi connectivity index (χ1v) is 10.1. The highest BCUT2D eigenvalue weighted by Crippen LogP contribution is 2.36. The summed E-state index contributed by atoms with van der Waals surface area (Å²) in [6, 6.07) is 13.1. The first-order chi connectivity index (χ1) is 14.0. The number of halogens is 1. The molecule has 8 heteroatoms. The van der Waals surface area contributed by atoms with Crippen LogP contribution in [-0.2, 0) is 4.84 Å². The quantitative estimate of drug-likeness (QED) is 0.431. The Bertz CT molecular complexity index is 1160. The van der Waals surface area contributed by atoms with Crippen molar-refractivity contribution in [1.82, 2.24) is 9.88 Å². The lowest BCUT2D eigenvalue weighted by molar-refractivity contribution is 0.110. The van der Waals surface area contributed by atoms with E-state index in [1.165, 1.54) is 4.90 Å². The van der Waals surface area contributed by atoms with E-state index in [9.17, 15) is 9.90 Å². The Hall–Kier alpha value is -3.13. The number of rotatable bonds is 4. The van der Waals surface area contributed by atoms with Crippen LogP contribution in [0.25, 0.3) is 10.9 Å². The fourth-order valence-electron chi connectivity index (χ4n) is 3.36. The van der Waals surface area contributed by atoms with Gasteiger partial charge in [-0.05, 0) is 32.0 Å². The zero-order chi connectivity index (χ0) is 20.5. The van der Waals surface area contributed by atoms with Crippen LogP contribution in [0.3, 0.4) is 0 Å². The number of nitrogens with one attached hydrogen (secondary N) is 1. The predicted octanol–water partition coefficient (Wildman–Crippen LogP) is 4.95. The van der Waals surface area contributed by atoms with Crippen LogP contribution >= 0.6 is 15.9 Å². The van der Waals surface area contributed by atoms with Crippen molar-refractivity contribution in [2.75, 3.05) is 13.1 Å². The van der Waals surface area contributed by atoms with Gasteiger partial charge in [-0.3, -0.25) is 4.84 Å². The van der Waals surface area contributed by atoms with Gasteiger partial charge in [0.05, 0.1) is 16.8 Å². The van der Waals surface area contributed by atoms with Crippen molar-refractivity contribution in [2.45, 2.75) is 13.8 Å². The maximum atomic E-state index is 12.3. The summed E-state index contributed by atoms with van der Waals surface area (Å²) in [6.07, 6.45) is -0.529. The molecule has 4 rings (SSSR count). The monoisotopic (exact) mass is 454 g/mol. The molecule has 2 N–H and O–H groups in total. The van der Waals surface area contributed by atoms with E-state index in [-0.39, 0.29) is 5.88 Å². The zero-order valence-corrected chi connectivity index (χ0v) is 17.5. The molecule has 1 aromatic heterocycles. The van der Waals surface area contributed by atoms with Gasteiger partial charge in [0.1, 0.15) is 11.4 Å². The lowest BCUT2D eigenvalue weighted by Crippen LogP contribution is -2.30. The number of benzene rings is 2. The maximum Gasteiger partial charge on any atom is 0.435 e. The van der Waals surface area contributed by atoms with Crippen molar-refractivity contribution in [3.05, 3.63) is 58.1 Å². The number of carbonyl (C=O) groups excluding carboxylic acids is 1. The number of nitrogens with zero attached hydrogens (tertiary/aromatic N) is 3. The molecule has 0 bridgehead atoms. The molecule has 0 radical (unpaired) electrons. The number of oxime groups is 1. The summed E-state index contributed by atoms with van der Waals surface area (Å²) in [4.78, 5) is 26.7. The smallest absolute Gasteiger partial charge is 0.435 e. The molecule has 7 nitrogen and oxygen atoms in total. The molecule has 29 heavy (non-hydrogen) atoms. The summed E-state index contributed by atoms with van der Waals surface area (Å²) in [6.45, 7) is 4.79. The van der Waals surface area contributed by atoms with Crippen LogP contribution in [0.2, 0.25) is 0 Å². The highest BCUT2D eigenvalue weighted by Gasteiger charge is 2.29. The summed E-state index contributed by atoms with van der Waals surface area (Å²) in [5.74, 6) is -0.0209. The van der Waals surface area contributed by atoms with E-state index in [0.717, 1.165) is 20.9 Å². The third-order valence-corrected chi connectivity index (χ3v) is 5.32. The average molecular weight is 455 g/mol. The van der Waals surface area contributed by atoms with E-state index >= 15 is 0 Å². The zero-order valence-electron chi connectivity index (χ0n) is 15.9. The summed E-state index contributed by atoms with van der Waals surface area (Å²) < 4.78 is 0.886. The summed E-state index contributed by atoms with van der Waals surface area (Å²) >= 11 is 3.44. The second kappa shape index (κ2) is 7.71. The van der Waals surface area contributed by atoms with E-state index < -0.39 is 6.09 Å². The van der Waals surface area contributed by atoms with Crippen molar-refractivity contribution in [3.8, 4) is 5.88 Å². The summed E-state index contributed by atoms with van der Waals surface area (Å²) in [5, 5.41) is 15.5. The number of aliphatic imine (C=N–C) groups is 1. The molecule has 2 heterocycles. The standard InChI is InChI=1S/C21H19BrN4O3/c1-3-26(4-2)21(28)29-25-18-14-7-5-6-8-15(14)23-19(18)17-13-10-9-12(22)11-16(13)24-20(17)27/h5-11,24,27H,3-4H2,1-2H3/b25-18+. The molecule has 0 saturated heterocycles. The molecule has 0 unspecified atom stereocenters. The molecule has 1 aliphatic heterocycles. The molecule has 0 atom stereocenters. The Balaban J connectivity index is 1.81. The number of hydrogen-bond acceptors (Lipinski definition) is 5. The molecule has 2 aromatic carbocycles. The number of aromatic hydroxyl groups is 1. The van der Waals surface area contributed by atoms with Gasteiger partial charge in [0.15, 0.2) is 5.88 Å². The van der Waals surface area contributed by atoms with Crippen molar-refractivity contribution in [2.24, 2.45) is 10.1 Å². The highest BCUT2D eigenvalue weighted by atomic mass is 79.9. The highest BCUT2D eigenvalue weighted by molar-refractivity contribution is 9.10. The van der Waals surface area contributed by atoms with Gasteiger partial charge in [-0.1, -0.05) is 45.4 Å². The lowest BCUT2D eigenvalue weighted by atomic mass is 10.0. The van der Waals surface area contributed by atoms with E-state index in [1.54, 1.807) is 0 Å². The van der Waals surface area contributed by atoms with Gasteiger partial charge >= 0.3 is 6.09 Å². The topological polar surface area (TPSA) is 90.3 Å². The van der Waals surface area contributed by atoms with Gasteiger partial charge < -0.3 is 15.0 Å². The summed E-state index contributed by atoms with van der Waals surface area (Å²) in [5.41, 5.74) is 3.56. The molecule has 148 valence electrons. The number of amides is 1. The average Bonchev–Trinajstić information content (AvgIpc) is 3.22. The number of aromatic amines is 1. The number of hydrogen-bond donors (Lipinski definition) is 2. The van der Waals surface area contributed by atoms with Gasteiger partial charge in [0.25, 0.3) is 0 Å². The van der Waals surface area contributed by atoms with Crippen LogP contribution in [0, 0.1) is 0 Å². The Morgan fingerprint density at radius 1 is 1.24 bits per heavy atom. The second-order valence-corrected chi connectivity index (χ2v) is 7.40. The van der Waals surface area contributed by atoms with Gasteiger partial charge in [-0.25, -0.2) is 9.79 Å². The van der Waals surface area contributed by atoms with Crippen molar-refractivity contribution in [3.63, 3.8) is 0 Å². The SMILES string of the molecule is CCN(CC)C(=O)O/N=C1/C(c2c(O)[nH]c3cc(Br)ccc23)=Nc2ccccc21. The molecule has 0 saturated carbocycles. The van der Waals surface area contributed by atoms with E-state index in [4.69, 9.17) is 4.84 Å². The largest absolute Gasteiger partial charge is 0.494 e. The first-order valence-electron chi connectivity index (χ1n) is 9.26. The summed E-state index contributed by atoms with van der Waals surface area (Å²) in [7, 11) is 0. The van der Waals surface area contributed by atoms with Crippen molar-refractivity contribution < 1.29 is 14.7 Å². The number of H-pyrrole nitrogens is 1. The van der Waals surface area contributed by atoms with Crippen LogP contribution in [0.4, 0.5) is 10.5 Å². The molecule has 0 spiro atoms. The van der Waals surface area contributed by atoms with Crippen LogP contribution in [0.5, 0.6) is 5.88 Å². The molecular weight excluding hydrogens is 436 g/mol. The number of para-hydroxylation sites is 1. The number of aromatic nitrogens is 1. The Labute approximate surface area is 175 Å². The Kier molecular flexibility index (Phi) is 5.10. The molecule has 1 amide bonds. The number of fused-ring (bicyclic) bond motifs is 2. The minimum Gasteiger partial charge on any atom is -0.494 e. The molecular formula is C21H19BrN4O3. The number of carbonyl (C=O) groups is 1. The lowest BCUT2D eigenvalue weighted by Gasteiger charge is -2.15. The third-order valence-electron chi connectivity index (χ3n) is 4.83. The van der Waals surface area contributed by atoms with Crippen LogP contribution in [0.15, 0.2) is 57.1 Å². The predicted molar refractivity (Wildman–Crippen MR) is 116 cm³/mol. The minimum atomic E-state index is -0.529. The van der Waals surface area contributed by atoms with Crippen LogP contribution < -0.4 is 0 Å². The third kappa shape index (κ3) is 3.40. The van der Waals surface area contributed by atoms with Crippen LogP contribution in [0.1, 0.15) is 25.0 Å². The van der Waals surface area contributed by atoms with Crippen molar-refractivity contribution >= 4 is 50.0 Å². The van der Waals surface area contributed by atoms with Gasteiger partial charge in [0.2, 0.25) is 0 Å². The molecule has 1 aliphatic rings. The molecule has 0 fully saturated rings. The van der Waals surface area contributed by atoms with Gasteiger partial charge in [-0.2, -0.15) is 0 Å². The fraction of sp³-hybridized carbons (Fsp3) is 0.190. The minimum absolute atomic E-state index is 0.0209. The van der Waals surface area contributed by atoms with E-state index in [0.29, 0.717) is 35.8 Å². The maximum absolute atomic E-state index is 12.3. The van der Waals surface area contributed by atoms with Crippen molar-refractivity contribution in [1.29, 1.82) is 0 Å². The normalized spacial score (nSPS) is 14.2. The Morgan fingerprint density at radius 3 is 2.76 bits per heavy atom. The molecule has 0 aliphatic carbocycles.